The maximum atomic E-state index is 13.0. The number of nitrogens with zero attached hydrogens (tertiary/aromatic N) is 3. The quantitative estimate of drug-likeness (QED) is 0.586. The highest BCUT2D eigenvalue weighted by Crippen LogP contribution is 2.16. The van der Waals surface area contributed by atoms with Crippen molar-refractivity contribution in [1.82, 2.24) is 20.1 Å². The second-order valence-electron chi connectivity index (χ2n) is 9.11. The highest BCUT2D eigenvalue weighted by molar-refractivity contribution is 5.98. The van der Waals surface area contributed by atoms with Crippen LogP contribution in [0.2, 0.25) is 0 Å². The molecule has 2 heterocycles. The Morgan fingerprint density at radius 1 is 1.13 bits per heavy atom. The Morgan fingerprint density at radius 3 is 2.48 bits per heavy atom. The third kappa shape index (κ3) is 6.13. The Bertz CT molecular complexity index is 1050. The number of nitrogens with one attached hydrogen (secondary N) is 1. The number of esters is 1. The van der Waals surface area contributed by atoms with Crippen molar-refractivity contribution in [2.24, 2.45) is 5.92 Å². The van der Waals surface area contributed by atoms with E-state index in [9.17, 15) is 9.59 Å². The standard InChI is InChI=1S/C24H30N4O3/c1-16(2)15-28-21-18(14-26-28)12-19(13-25-21)22(29)27-20(23(30)31-24(3,4)5)11-17-9-7-6-8-10-17/h6-10,12-14,16,20H,11,15H2,1-5H3,(H,27,29). The minimum Gasteiger partial charge on any atom is -0.458 e. The number of carbonyl (C=O) groups is 2. The predicted molar refractivity (Wildman–Crippen MR) is 120 cm³/mol. The number of fused-ring (bicyclic) bond motifs is 1. The van der Waals surface area contributed by atoms with Crippen LogP contribution in [0.4, 0.5) is 0 Å². The van der Waals surface area contributed by atoms with E-state index in [4.69, 9.17) is 4.74 Å². The lowest BCUT2D eigenvalue weighted by molar-refractivity contribution is -0.157. The highest BCUT2D eigenvalue weighted by Gasteiger charge is 2.27. The van der Waals surface area contributed by atoms with Gasteiger partial charge < -0.3 is 10.1 Å². The molecular formula is C24H30N4O3. The van der Waals surface area contributed by atoms with E-state index in [2.05, 4.69) is 29.2 Å². The predicted octanol–water partition coefficient (Wildman–Crippen LogP) is 3.77. The summed E-state index contributed by atoms with van der Waals surface area (Å²) in [6, 6.07) is 10.5. The summed E-state index contributed by atoms with van der Waals surface area (Å²) in [4.78, 5) is 30.2. The van der Waals surface area contributed by atoms with Crippen LogP contribution in [0.3, 0.4) is 0 Å². The molecule has 1 atom stereocenters. The van der Waals surface area contributed by atoms with Gasteiger partial charge in [0, 0.05) is 24.5 Å². The normalized spacial score (nSPS) is 12.7. The Labute approximate surface area is 182 Å². The Morgan fingerprint density at radius 2 is 1.84 bits per heavy atom. The molecule has 0 spiro atoms. The van der Waals surface area contributed by atoms with Gasteiger partial charge in [0.1, 0.15) is 11.6 Å². The van der Waals surface area contributed by atoms with Gasteiger partial charge in [-0.1, -0.05) is 44.2 Å². The molecule has 0 aliphatic heterocycles. The SMILES string of the molecule is CC(C)Cn1ncc2cc(C(=O)NC(Cc3ccccc3)C(=O)OC(C)(C)C)cnc21. The molecule has 7 heteroatoms. The molecule has 0 saturated carbocycles. The largest absolute Gasteiger partial charge is 0.458 e. The number of aromatic nitrogens is 3. The summed E-state index contributed by atoms with van der Waals surface area (Å²) >= 11 is 0. The Kier molecular flexibility index (Phi) is 6.73. The fourth-order valence-electron chi connectivity index (χ4n) is 3.23. The molecule has 0 radical (unpaired) electrons. The van der Waals surface area contributed by atoms with Crippen LogP contribution in [-0.2, 0) is 22.5 Å². The minimum absolute atomic E-state index is 0.337. The lowest BCUT2D eigenvalue weighted by atomic mass is 10.0. The number of ether oxygens (including phenoxy) is 1. The van der Waals surface area contributed by atoms with E-state index in [0.717, 1.165) is 23.1 Å². The van der Waals surface area contributed by atoms with Gasteiger partial charge in [0.2, 0.25) is 0 Å². The molecular weight excluding hydrogens is 392 g/mol. The van der Waals surface area contributed by atoms with Gasteiger partial charge in [-0.05, 0) is 38.3 Å². The molecule has 164 valence electrons. The summed E-state index contributed by atoms with van der Waals surface area (Å²) < 4.78 is 7.37. The molecule has 0 fully saturated rings. The van der Waals surface area contributed by atoms with Gasteiger partial charge in [-0.3, -0.25) is 4.79 Å². The summed E-state index contributed by atoms with van der Waals surface area (Å²) in [5.41, 5.74) is 1.39. The molecule has 3 aromatic rings. The molecule has 0 aliphatic rings. The van der Waals surface area contributed by atoms with Crippen molar-refractivity contribution in [2.75, 3.05) is 0 Å². The van der Waals surface area contributed by atoms with Crippen LogP contribution in [0.25, 0.3) is 11.0 Å². The third-order valence-electron chi connectivity index (χ3n) is 4.56. The maximum Gasteiger partial charge on any atom is 0.329 e. The fourth-order valence-corrected chi connectivity index (χ4v) is 3.23. The number of benzene rings is 1. The van der Waals surface area contributed by atoms with E-state index >= 15 is 0 Å². The molecule has 1 unspecified atom stereocenters. The summed E-state index contributed by atoms with van der Waals surface area (Å²) in [6.07, 6.45) is 3.56. The summed E-state index contributed by atoms with van der Waals surface area (Å²) in [5, 5.41) is 7.98. The number of carbonyl (C=O) groups excluding carboxylic acids is 2. The zero-order valence-electron chi connectivity index (χ0n) is 18.8. The molecule has 0 bridgehead atoms. The van der Waals surface area contributed by atoms with Crippen molar-refractivity contribution < 1.29 is 14.3 Å². The second kappa shape index (κ2) is 9.29. The Balaban J connectivity index is 1.81. The first-order chi connectivity index (χ1) is 14.6. The van der Waals surface area contributed by atoms with Crippen molar-refractivity contribution in [3.05, 3.63) is 59.9 Å². The van der Waals surface area contributed by atoms with Crippen LogP contribution in [-0.4, -0.2) is 38.3 Å². The zero-order chi connectivity index (χ0) is 22.6. The topological polar surface area (TPSA) is 86.1 Å². The van der Waals surface area contributed by atoms with Crippen LogP contribution in [0.5, 0.6) is 0 Å². The van der Waals surface area contributed by atoms with Crippen LogP contribution in [0.1, 0.15) is 50.5 Å². The van der Waals surface area contributed by atoms with E-state index in [-0.39, 0.29) is 5.91 Å². The van der Waals surface area contributed by atoms with Crippen molar-refractivity contribution in [1.29, 1.82) is 0 Å². The average molecular weight is 423 g/mol. The molecule has 0 saturated heterocycles. The monoisotopic (exact) mass is 422 g/mol. The van der Waals surface area contributed by atoms with Gasteiger partial charge in [-0.15, -0.1) is 0 Å². The summed E-state index contributed by atoms with van der Waals surface area (Å²) in [5.74, 6) is -0.415. The Hall–Kier alpha value is -3.22. The van der Waals surface area contributed by atoms with E-state index in [1.807, 2.05) is 35.0 Å². The number of amides is 1. The second-order valence-corrected chi connectivity index (χ2v) is 9.11. The van der Waals surface area contributed by atoms with Crippen molar-refractivity contribution in [2.45, 2.75) is 59.2 Å². The van der Waals surface area contributed by atoms with Crippen molar-refractivity contribution >= 4 is 22.9 Å². The molecule has 7 nitrogen and oxygen atoms in total. The van der Waals surface area contributed by atoms with Gasteiger partial charge in [0.05, 0.1) is 11.8 Å². The van der Waals surface area contributed by atoms with Crippen molar-refractivity contribution in [3.63, 3.8) is 0 Å². The zero-order valence-corrected chi connectivity index (χ0v) is 18.8. The molecule has 2 aromatic heterocycles. The number of hydrogen-bond donors (Lipinski definition) is 1. The first-order valence-corrected chi connectivity index (χ1v) is 10.5. The molecule has 0 aliphatic carbocycles. The molecule has 1 aromatic carbocycles. The first kappa shape index (κ1) is 22.5. The number of rotatable bonds is 7. The summed E-state index contributed by atoms with van der Waals surface area (Å²) in [7, 11) is 0. The van der Waals surface area contributed by atoms with Gasteiger partial charge in [0.15, 0.2) is 5.65 Å². The van der Waals surface area contributed by atoms with Gasteiger partial charge >= 0.3 is 5.97 Å². The molecule has 1 N–H and O–H groups in total. The van der Waals surface area contributed by atoms with Crippen LogP contribution >= 0.6 is 0 Å². The highest BCUT2D eigenvalue weighted by atomic mass is 16.6. The lowest BCUT2D eigenvalue weighted by Crippen LogP contribution is -2.45. The average Bonchev–Trinajstić information content (AvgIpc) is 3.08. The molecule has 1 amide bonds. The van der Waals surface area contributed by atoms with E-state index in [1.165, 1.54) is 6.20 Å². The van der Waals surface area contributed by atoms with E-state index < -0.39 is 17.6 Å². The van der Waals surface area contributed by atoms with Crippen molar-refractivity contribution in [3.8, 4) is 0 Å². The van der Waals surface area contributed by atoms with Crippen LogP contribution in [0, 0.1) is 5.92 Å². The van der Waals surface area contributed by atoms with E-state index in [1.54, 1.807) is 33.0 Å². The molecule has 3 rings (SSSR count). The molecule has 31 heavy (non-hydrogen) atoms. The van der Waals surface area contributed by atoms with E-state index in [0.29, 0.717) is 17.9 Å². The van der Waals surface area contributed by atoms with Gasteiger partial charge in [0.25, 0.3) is 5.91 Å². The fraction of sp³-hybridized carbons (Fsp3) is 0.417. The van der Waals surface area contributed by atoms with Crippen LogP contribution in [0.15, 0.2) is 48.8 Å². The first-order valence-electron chi connectivity index (χ1n) is 10.5. The third-order valence-corrected chi connectivity index (χ3v) is 4.56. The van der Waals surface area contributed by atoms with Gasteiger partial charge in [-0.25, -0.2) is 14.5 Å². The maximum absolute atomic E-state index is 13.0. The smallest absolute Gasteiger partial charge is 0.329 e. The van der Waals surface area contributed by atoms with Gasteiger partial charge in [-0.2, -0.15) is 5.10 Å². The summed E-state index contributed by atoms with van der Waals surface area (Å²) in [6.45, 7) is 10.4. The lowest BCUT2D eigenvalue weighted by Gasteiger charge is -2.24. The van der Waals surface area contributed by atoms with Crippen LogP contribution < -0.4 is 5.32 Å². The number of hydrogen-bond acceptors (Lipinski definition) is 5. The minimum atomic E-state index is -0.812. The number of pyridine rings is 1.